The van der Waals surface area contributed by atoms with Gasteiger partial charge in [0.1, 0.15) is 0 Å². The molecule has 0 heterocycles. The molecule has 0 nitrogen and oxygen atoms in total. The normalized spacial score (nSPS) is 9.94. The van der Waals surface area contributed by atoms with E-state index in [1.807, 2.05) is 0 Å². The van der Waals surface area contributed by atoms with E-state index in [-0.39, 0.29) is 60.5 Å². The van der Waals surface area contributed by atoms with Gasteiger partial charge in [0.05, 0.1) is 0 Å². The van der Waals surface area contributed by atoms with Crippen LogP contribution in [0.2, 0.25) is 26.2 Å². The molecule has 364 valence electrons. The molecule has 0 radical (unpaired) electrons. The van der Waals surface area contributed by atoms with Crippen LogP contribution in [-0.2, 0) is 46.7 Å². The van der Waals surface area contributed by atoms with E-state index in [2.05, 4.69) is 272 Å². The van der Waals surface area contributed by atoms with Crippen molar-refractivity contribution in [1.29, 1.82) is 0 Å². The van der Waals surface area contributed by atoms with E-state index in [1.54, 1.807) is 46.7 Å². The monoisotopic (exact) mass is 1210 g/mol. The van der Waals surface area contributed by atoms with Crippen LogP contribution in [0.5, 0.6) is 0 Å². The molecule has 0 aliphatic heterocycles. The topological polar surface area (TPSA) is 0 Å². The van der Waals surface area contributed by atoms with Crippen molar-refractivity contribution in [3.05, 3.63) is 241 Å². The maximum absolute atomic E-state index is 2.31. The van der Waals surface area contributed by atoms with Crippen LogP contribution in [0.4, 0.5) is 0 Å². The average Bonchev–Trinajstić information content (AvgIpc) is 4.12. The zero-order valence-corrected chi connectivity index (χ0v) is 52.6. The van der Waals surface area contributed by atoms with Gasteiger partial charge in [-0.05, 0) is 11.1 Å². The molecule has 12 aromatic carbocycles. The molecule has 0 saturated heterocycles. The Kier molecular flexibility index (Phi) is 26.4. The predicted octanol–water partition coefficient (Wildman–Crippen LogP) is 20.4. The average molecular weight is 1210 g/mol. The van der Waals surface area contributed by atoms with Crippen molar-refractivity contribution in [2.75, 3.05) is 0 Å². The van der Waals surface area contributed by atoms with Gasteiger partial charge in [0.25, 0.3) is 0 Å². The van der Waals surface area contributed by atoms with E-state index >= 15 is 0 Å². The standard InChI is InChI=1S/2C16H13.2C14H11.2C2H6Si.4ClH.2Zr/c2*1-12-10-14-8-5-9-15(16(14)11-12)13-6-3-2-4-7-13;2*1-10-8-12-7-6-11-4-2-3-5-13(11)14(12)9-10;2*1-3-2;;;;;;/h2*2-11H,1H3;2*2-9H,1H3;2*1-2H3;4*1H;;/q4*-1;;;;;;;2*+2. The van der Waals surface area contributed by atoms with E-state index in [0.29, 0.717) is 0 Å². The second-order valence-electron chi connectivity index (χ2n) is 18.1. The summed E-state index contributed by atoms with van der Waals surface area (Å²) in [6, 6.07) is 78.0. The van der Waals surface area contributed by atoms with Gasteiger partial charge in [-0.1, -0.05) is 194 Å². The van der Waals surface area contributed by atoms with E-state index in [0.717, 1.165) is 0 Å². The smallest absolute Gasteiger partial charge is 0.0279 e. The van der Waals surface area contributed by atoms with Gasteiger partial charge < -0.3 is 0 Å². The van der Waals surface area contributed by atoms with Crippen LogP contribution in [0.15, 0.2) is 218 Å². The molecule has 12 rings (SSSR count). The molecule has 72 heavy (non-hydrogen) atoms. The third kappa shape index (κ3) is 17.1. The van der Waals surface area contributed by atoms with Gasteiger partial charge in [-0.25, -0.2) is 0 Å². The predicted molar refractivity (Wildman–Crippen MR) is 327 cm³/mol. The van der Waals surface area contributed by atoms with E-state index in [1.165, 1.54) is 109 Å². The Morgan fingerprint density at radius 2 is 0.611 bits per heavy atom. The number of hydrogen-bond acceptors (Lipinski definition) is 0. The van der Waals surface area contributed by atoms with Gasteiger partial charge in [-0.15, -0.1) is 176 Å². The first-order valence-corrected chi connectivity index (χ1v) is 35.8. The first kappa shape index (κ1) is 62.4. The van der Waals surface area contributed by atoms with Crippen LogP contribution in [0.1, 0.15) is 22.3 Å². The van der Waals surface area contributed by atoms with Crippen LogP contribution >= 0.6 is 49.6 Å². The van der Waals surface area contributed by atoms with Gasteiger partial charge in [-0.2, -0.15) is 24.3 Å². The van der Waals surface area contributed by atoms with Crippen LogP contribution < -0.4 is 0 Å². The van der Waals surface area contributed by atoms with E-state index < -0.39 is 0 Å². The number of halogens is 4. The Bertz CT molecular complexity index is 3350. The zero-order chi connectivity index (χ0) is 48.2. The zero-order valence-electron chi connectivity index (χ0n) is 42.4. The van der Waals surface area contributed by atoms with Crippen LogP contribution in [0.25, 0.3) is 86.9 Å². The Labute approximate surface area is 483 Å². The maximum atomic E-state index is 2.31. The summed E-state index contributed by atoms with van der Waals surface area (Å²) in [6.07, 6.45) is 0. The fourth-order valence-corrected chi connectivity index (χ4v) is 8.74. The summed E-state index contributed by atoms with van der Waals surface area (Å²) < 4.78 is 0. The molecular weight excluding hydrogens is 1150 g/mol. The summed E-state index contributed by atoms with van der Waals surface area (Å²) in [5.41, 5.74) is 11.0. The minimum absolute atomic E-state index is 0. The van der Waals surface area contributed by atoms with Crippen molar-refractivity contribution in [3.63, 3.8) is 0 Å². The Hall–Kier alpha value is -3.92. The van der Waals surface area contributed by atoms with Crippen molar-refractivity contribution in [3.8, 4) is 22.3 Å². The SMILES string of the molecule is C[Si](C)=[Zr+2].C[Si](C)=[Zr+2].Cc1cc2c(-c3ccccc3)cccc2[cH-]1.Cc1cc2c(-c3ccccc3)cccc2[cH-]1.Cc1cc2ccc3ccccc3c2[cH-]1.Cc1cc2ccc3ccccc3c2[cH-]1.Cl.Cl.Cl.Cl. The summed E-state index contributed by atoms with van der Waals surface area (Å²) in [7, 11) is 0. The van der Waals surface area contributed by atoms with E-state index in [9.17, 15) is 0 Å². The minimum atomic E-state index is 0. The summed E-state index contributed by atoms with van der Waals surface area (Å²) in [4.78, 5) is 0. The molecule has 8 heteroatoms. The first-order valence-electron chi connectivity index (χ1n) is 23.4. The summed E-state index contributed by atoms with van der Waals surface area (Å²) in [5.74, 6) is 0. The van der Waals surface area contributed by atoms with Gasteiger partial charge in [0.15, 0.2) is 0 Å². The van der Waals surface area contributed by atoms with Gasteiger partial charge >= 0.3 is 83.7 Å². The molecule has 0 aliphatic rings. The van der Waals surface area contributed by atoms with E-state index in [4.69, 9.17) is 0 Å². The molecule has 12 aromatic rings. The molecule has 0 saturated carbocycles. The number of aryl methyl sites for hydroxylation is 4. The fraction of sp³-hybridized carbons (Fsp3) is 0.125. The number of hydrogen-bond donors (Lipinski definition) is 0. The van der Waals surface area contributed by atoms with Crippen molar-refractivity contribution >= 4 is 125 Å². The van der Waals surface area contributed by atoms with Gasteiger partial charge in [0, 0.05) is 0 Å². The Morgan fingerprint density at radius 1 is 0.306 bits per heavy atom. The molecule has 0 spiro atoms. The number of fused-ring (bicyclic) bond motifs is 8. The largest absolute Gasteiger partial charge is 0.165 e. The molecule has 0 fully saturated rings. The molecule has 0 N–H and O–H groups in total. The summed E-state index contributed by atoms with van der Waals surface area (Å²) in [5, 5.41) is 16.2. The molecule has 0 aromatic heterocycles. The molecule has 0 unspecified atom stereocenters. The quantitative estimate of drug-likeness (QED) is 0.120. The van der Waals surface area contributed by atoms with Crippen molar-refractivity contribution < 1.29 is 46.7 Å². The second kappa shape index (κ2) is 30.4. The first-order chi connectivity index (χ1) is 32.8. The third-order valence-electron chi connectivity index (χ3n) is 11.5. The minimum Gasteiger partial charge on any atom is -0.165 e. The van der Waals surface area contributed by atoms with Gasteiger partial charge in [0.2, 0.25) is 0 Å². The molecule has 0 aliphatic carbocycles. The summed E-state index contributed by atoms with van der Waals surface area (Å²) >= 11 is 3.48. The Morgan fingerprint density at radius 3 is 0.972 bits per heavy atom. The molecular formula is C64H64Cl4Si2Zr2. The second-order valence-corrected chi connectivity index (χ2v) is 36.8. The van der Waals surface area contributed by atoms with Crippen molar-refractivity contribution in [2.45, 2.75) is 53.9 Å². The maximum Gasteiger partial charge on any atom is -0.0279 e. The molecule has 0 bridgehead atoms. The molecule has 0 amide bonds. The van der Waals surface area contributed by atoms with Crippen molar-refractivity contribution in [2.24, 2.45) is 0 Å². The van der Waals surface area contributed by atoms with Crippen LogP contribution in [-0.4, -0.2) is 10.9 Å². The fourth-order valence-electron chi connectivity index (χ4n) is 8.74. The Balaban J connectivity index is 0.000000237. The molecule has 0 atom stereocenters. The van der Waals surface area contributed by atoms with Crippen molar-refractivity contribution in [1.82, 2.24) is 0 Å². The summed E-state index contributed by atoms with van der Waals surface area (Å²) in [6.45, 7) is 17.8. The van der Waals surface area contributed by atoms with Crippen LogP contribution in [0.3, 0.4) is 0 Å². The third-order valence-corrected chi connectivity index (χ3v) is 11.5. The number of benzene rings is 8. The van der Waals surface area contributed by atoms with Crippen LogP contribution in [0, 0.1) is 27.7 Å². The number of rotatable bonds is 2. The van der Waals surface area contributed by atoms with Gasteiger partial charge in [-0.3, -0.25) is 0 Å².